The van der Waals surface area contributed by atoms with Crippen molar-refractivity contribution in [3.8, 4) is 11.4 Å². The van der Waals surface area contributed by atoms with Crippen LogP contribution in [0.2, 0.25) is 0 Å². The van der Waals surface area contributed by atoms with E-state index in [0.29, 0.717) is 6.04 Å². The van der Waals surface area contributed by atoms with E-state index in [-0.39, 0.29) is 5.91 Å². The maximum atomic E-state index is 12.9. The molecule has 2 aliphatic heterocycles. The molecule has 2 fully saturated rings. The minimum Gasteiger partial charge on any atom is -0.345 e. The second kappa shape index (κ2) is 6.37. The highest BCUT2D eigenvalue weighted by molar-refractivity contribution is 5.95. The van der Waals surface area contributed by atoms with Gasteiger partial charge in [-0.2, -0.15) is 0 Å². The molecule has 0 spiro atoms. The molecular formula is C18H23N5O. The molecule has 3 heterocycles. The summed E-state index contributed by atoms with van der Waals surface area (Å²) in [5.41, 5.74) is 1.68. The Labute approximate surface area is 142 Å². The van der Waals surface area contributed by atoms with Gasteiger partial charge < -0.3 is 14.8 Å². The van der Waals surface area contributed by atoms with E-state index in [2.05, 4.69) is 26.8 Å². The molecule has 0 radical (unpaired) electrons. The summed E-state index contributed by atoms with van der Waals surface area (Å²) in [6.07, 6.45) is 3.52. The molecule has 1 N–H and O–H groups in total. The number of imidazole rings is 1. The third-order valence-electron chi connectivity index (χ3n) is 5.06. The van der Waals surface area contributed by atoms with Crippen LogP contribution in [0.5, 0.6) is 0 Å². The van der Waals surface area contributed by atoms with Crippen LogP contribution in [0.25, 0.3) is 11.4 Å². The first-order valence-electron chi connectivity index (χ1n) is 8.52. The van der Waals surface area contributed by atoms with Crippen LogP contribution in [0.4, 0.5) is 0 Å². The quantitative estimate of drug-likeness (QED) is 0.900. The maximum Gasteiger partial charge on any atom is 0.253 e. The lowest BCUT2D eigenvalue weighted by molar-refractivity contribution is 0.0190. The standard InChI is InChI=1S/C18H23N5O/c1-21-7-8-22-9-10-23(13-16(22)12-21)18(24)15-4-2-3-14(11-15)17-19-5-6-20-17/h2-6,11,16H,7-10,12-13H2,1H3,(H,19,20)/t16-/m1/s1. The molecule has 0 aliphatic carbocycles. The summed E-state index contributed by atoms with van der Waals surface area (Å²) in [5.74, 6) is 0.916. The van der Waals surface area contributed by atoms with Crippen molar-refractivity contribution in [2.45, 2.75) is 6.04 Å². The molecule has 126 valence electrons. The van der Waals surface area contributed by atoms with E-state index in [1.54, 1.807) is 12.4 Å². The molecule has 24 heavy (non-hydrogen) atoms. The first-order chi connectivity index (χ1) is 11.7. The number of H-pyrrole nitrogens is 1. The van der Waals surface area contributed by atoms with Crippen molar-refractivity contribution in [1.29, 1.82) is 0 Å². The topological polar surface area (TPSA) is 55.5 Å². The SMILES string of the molecule is CN1CCN2CCN(C(=O)c3cccc(-c4ncc[nH]4)c3)C[C@H]2C1. The number of benzene rings is 1. The number of nitrogens with zero attached hydrogens (tertiary/aromatic N) is 4. The van der Waals surface area contributed by atoms with Crippen LogP contribution in [0.3, 0.4) is 0 Å². The molecule has 1 aromatic heterocycles. The molecular weight excluding hydrogens is 302 g/mol. The normalized spacial score (nSPS) is 22.4. The zero-order valence-corrected chi connectivity index (χ0v) is 14.0. The summed E-state index contributed by atoms with van der Waals surface area (Å²) in [6.45, 7) is 5.86. The second-order valence-corrected chi connectivity index (χ2v) is 6.72. The zero-order chi connectivity index (χ0) is 16.5. The fourth-order valence-corrected chi connectivity index (χ4v) is 3.70. The number of amides is 1. The highest BCUT2D eigenvalue weighted by atomic mass is 16.2. The Hall–Kier alpha value is -2.18. The second-order valence-electron chi connectivity index (χ2n) is 6.72. The highest BCUT2D eigenvalue weighted by Crippen LogP contribution is 2.20. The summed E-state index contributed by atoms with van der Waals surface area (Å²) >= 11 is 0. The van der Waals surface area contributed by atoms with Crippen molar-refractivity contribution in [2.24, 2.45) is 0 Å². The molecule has 0 unspecified atom stereocenters. The zero-order valence-electron chi connectivity index (χ0n) is 14.0. The minimum absolute atomic E-state index is 0.122. The third-order valence-corrected chi connectivity index (χ3v) is 5.06. The number of rotatable bonds is 2. The number of piperazine rings is 2. The Kier molecular flexibility index (Phi) is 4.08. The number of aromatic amines is 1. The van der Waals surface area contributed by atoms with Gasteiger partial charge in [-0.05, 0) is 19.2 Å². The Morgan fingerprint density at radius 3 is 2.92 bits per heavy atom. The van der Waals surface area contributed by atoms with E-state index in [1.807, 2.05) is 29.2 Å². The van der Waals surface area contributed by atoms with Crippen LogP contribution in [0, 0.1) is 0 Å². The fourth-order valence-electron chi connectivity index (χ4n) is 3.70. The van der Waals surface area contributed by atoms with Crippen molar-refractivity contribution in [1.82, 2.24) is 24.7 Å². The van der Waals surface area contributed by atoms with Gasteiger partial charge in [0.15, 0.2) is 0 Å². The number of fused-ring (bicyclic) bond motifs is 1. The number of nitrogens with one attached hydrogen (secondary N) is 1. The van der Waals surface area contributed by atoms with Crippen LogP contribution in [-0.4, -0.2) is 82.9 Å². The van der Waals surface area contributed by atoms with Gasteiger partial charge >= 0.3 is 0 Å². The molecule has 6 nitrogen and oxygen atoms in total. The van der Waals surface area contributed by atoms with E-state index in [9.17, 15) is 4.79 Å². The average Bonchev–Trinajstić information content (AvgIpc) is 3.15. The van der Waals surface area contributed by atoms with Crippen LogP contribution in [0.1, 0.15) is 10.4 Å². The maximum absolute atomic E-state index is 12.9. The smallest absolute Gasteiger partial charge is 0.253 e. The van der Waals surface area contributed by atoms with Crippen molar-refractivity contribution < 1.29 is 4.79 Å². The summed E-state index contributed by atoms with van der Waals surface area (Å²) < 4.78 is 0. The molecule has 2 aromatic rings. The van der Waals surface area contributed by atoms with Gasteiger partial charge in [-0.1, -0.05) is 12.1 Å². The number of hydrogen-bond acceptors (Lipinski definition) is 4. The number of likely N-dealkylation sites (N-methyl/N-ethyl adjacent to an activating group) is 1. The number of hydrogen-bond donors (Lipinski definition) is 1. The van der Waals surface area contributed by atoms with E-state index < -0.39 is 0 Å². The third kappa shape index (κ3) is 2.95. The van der Waals surface area contributed by atoms with Gasteiger partial charge in [0.1, 0.15) is 5.82 Å². The number of carbonyl (C=O) groups is 1. The van der Waals surface area contributed by atoms with Crippen LogP contribution in [-0.2, 0) is 0 Å². The van der Waals surface area contributed by atoms with E-state index in [1.165, 1.54) is 0 Å². The lowest BCUT2D eigenvalue weighted by atomic mass is 10.1. The summed E-state index contributed by atoms with van der Waals surface area (Å²) in [4.78, 5) is 27.2. The van der Waals surface area contributed by atoms with E-state index in [4.69, 9.17) is 0 Å². The first-order valence-corrected chi connectivity index (χ1v) is 8.52. The predicted molar refractivity (Wildman–Crippen MR) is 92.8 cm³/mol. The number of carbonyl (C=O) groups excluding carboxylic acids is 1. The van der Waals surface area contributed by atoms with Crippen molar-refractivity contribution in [3.05, 3.63) is 42.2 Å². The van der Waals surface area contributed by atoms with Crippen molar-refractivity contribution in [2.75, 3.05) is 46.3 Å². The molecule has 0 bridgehead atoms. The predicted octanol–water partition coefficient (Wildman–Crippen LogP) is 1.15. The summed E-state index contributed by atoms with van der Waals surface area (Å²) in [7, 11) is 2.16. The molecule has 1 atom stereocenters. The van der Waals surface area contributed by atoms with Gasteiger partial charge in [0.25, 0.3) is 5.91 Å². The molecule has 0 saturated carbocycles. The Bertz CT molecular complexity index is 714. The van der Waals surface area contributed by atoms with Gasteiger partial charge in [-0.3, -0.25) is 9.69 Å². The van der Waals surface area contributed by atoms with Gasteiger partial charge in [0.05, 0.1) is 0 Å². The lowest BCUT2D eigenvalue weighted by Gasteiger charge is -2.46. The van der Waals surface area contributed by atoms with Crippen molar-refractivity contribution in [3.63, 3.8) is 0 Å². The van der Waals surface area contributed by atoms with Crippen molar-refractivity contribution >= 4 is 5.91 Å². The highest BCUT2D eigenvalue weighted by Gasteiger charge is 2.33. The van der Waals surface area contributed by atoms with Gasteiger partial charge in [-0.15, -0.1) is 0 Å². The average molecular weight is 325 g/mol. The molecule has 1 amide bonds. The van der Waals surface area contributed by atoms with Gasteiger partial charge in [0.2, 0.25) is 0 Å². The Morgan fingerprint density at radius 2 is 2.08 bits per heavy atom. The lowest BCUT2D eigenvalue weighted by Crippen LogP contribution is -2.62. The largest absolute Gasteiger partial charge is 0.345 e. The summed E-state index contributed by atoms with van der Waals surface area (Å²) in [6, 6.07) is 8.18. The number of aromatic nitrogens is 2. The van der Waals surface area contributed by atoms with E-state index in [0.717, 1.165) is 56.2 Å². The molecule has 2 saturated heterocycles. The Morgan fingerprint density at radius 1 is 1.21 bits per heavy atom. The summed E-state index contributed by atoms with van der Waals surface area (Å²) in [5, 5.41) is 0. The minimum atomic E-state index is 0.122. The Balaban J connectivity index is 1.51. The molecule has 1 aromatic carbocycles. The fraction of sp³-hybridized carbons (Fsp3) is 0.444. The van der Waals surface area contributed by atoms with Gasteiger partial charge in [0, 0.05) is 68.8 Å². The first kappa shape index (κ1) is 15.4. The van der Waals surface area contributed by atoms with Crippen LogP contribution >= 0.6 is 0 Å². The monoisotopic (exact) mass is 325 g/mol. The molecule has 6 heteroatoms. The molecule has 2 aliphatic rings. The van der Waals surface area contributed by atoms with Crippen LogP contribution < -0.4 is 0 Å². The van der Waals surface area contributed by atoms with E-state index >= 15 is 0 Å². The van der Waals surface area contributed by atoms with Crippen LogP contribution in [0.15, 0.2) is 36.7 Å². The molecule has 4 rings (SSSR count). The van der Waals surface area contributed by atoms with Gasteiger partial charge in [-0.25, -0.2) is 4.98 Å².